The van der Waals surface area contributed by atoms with E-state index in [9.17, 15) is 0 Å². The van der Waals surface area contributed by atoms with Crippen LogP contribution in [0.15, 0.2) is 0 Å². The molecule has 2 nitrogen and oxygen atoms in total. The molecular weight excluding hydrogens is 158 g/mol. The average Bonchev–Trinajstić information content (AvgIpc) is 1.50. The summed E-state index contributed by atoms with van der Waals surface area (Å²) in [5.74, 6) is 3.25. The zero-order valence-electron chi connectivity index (χ0n) is 1.80. The Morgan fingerprint density at radius 2 is 1.50 bits per heavy atom. The van der Waals surface area contributed by atoms with Crippen LogP contribution in [-0.2, 0) is 23.2 Å². The molecule has 2 N–H and O–H groups in total. The van der Waals surface area contributed by atoms with Crippen LogP contribution in [-0.4, -0.2) is 0 Å². The molecule has 0 unspecified atom stereocenters. The molecule has 1 radical (unpaired) electrons. The van der Waals surface area contributed by atoms with Crippen molar-refractivity contribution in [3.05, 3.63) is 0 Å². The van der Waals surface area contributed by atoms with Crippen LogP contribution in [0.4, 0.5) is 0 Å². The van der Waals surface area contributed by atoms with E-state index in [1.807, 2.05) is 0 Å². The summed E-state index contributed by atoms with van der Waals surface area (Å²) < 4.78 is 0. The normalized spacial score (nSPS) is 2.50. The Bertz CT molecular complexity index is 8.00. The summed E-state index contributed by atoms with van der Waals surface area (Å²) >= 11 is 1.53. The van der Waals surface area contributed by atoms with Crippen LogP contribution in [0.2, 0.25) is 0 Å². The van der Waals surface area contributed by atoms with E-state index in [1.54, 1.807) is 0 Å². The first-order chi connectivity index (χ1) is 2.00. The van der Waals surface area contributed by atoms with Gasteiger partial charge in [0.2, 0.25) is 0 Å². The molecule has 4 heavy (non-hydrogen) atoms. The Balaban J connectivity index is 0. The van der Waals surface area contributed by atoms with E-state index in [0.29, 0.717) is 0 Å². The summed E-state index contributed by atoms with van der Waals surface area (Å²) in [6.45, 7) is 0. The molecule has 0 fully saturated rings. The third-order valence-corrected chi connectivity index (χ3v) is 0. The van der Waals surface area contributed by atoms with Gasteiger partial charge in [-0.25, -0.2) is 0 Å². The van der Waals surface area contributed by atoms with E-state index in [1.165, 1.54) is 18.0 Å². The summed E-state index contributed by atoms with van der Waals surface area (Å²) in [5.41, 5.74) is 0. The van der Waals surface area contributed by atoms with Gasteiger partial charge in [-0.15, -0.1) is 5.21 Å². The monoisotopic (exact) mass is 162 g/mol. The molecule has 0 aliphatic rings. The van der Waals surface area contributed by atoms with Crippen molar-refractivity contribution >= 4 is 9.82 Å². The fourth-order valence-corrected chi connectivity index (χ4v) is 0. The Morgan fingerprint density at radius 1 is 1.50 bits per heavy atom. The average molecular weight is 160 g/mol. The molecule has 0 saturated heterocycles. The van der Waals surface area contributed by atoms with Crippen LogP contribution in [0.1, 0.15) is 0 Å². The van der Waals surface area contributed by atoms with E-state index in [4.69, 9.17) is 5.21 Å². The van der Waals surface area contributed by atoms with Gasteiger partial charge >= 0.3 is 27.8 Å². The van der Waals surface area contributed by atoms with Gasteiger partial charge < -0.3 is 0 Å². The number of rotatable bonds is 0. The van der Waals surface area contributed by atoms with Gasteiger partial charge in [0.15, 0.2) is 0 Å². The molecule has 0 aromatic carbocycles. The molecule has 0 aliphatic heterocycles. The Hall–Kier alpha value is 0.828. The maximum atomic E-state index is 7.75. The molecule has 0 bridgehead atoms. The van der Waals surface area contributed by atoms with E-state index < -0.39 is 0 Å². The van der Waals surface area contributed by atoms with Gasteiger partial charge in [0.05, 0.1) is 0 Å². The number of hydrogen-bond donors (Lipinski definition) is 1. The SMILES string of the molecule is N[O].[S]=[Mo]. The van der Waals surface area contributed by atoms with E-state index >= 15 is 0 Å². The predicted molar refractivity (Wildman–Crippen MR) is 12.5 cm³/mol. The van der Waals surface area contributed by atoms with Gasteiger partial charge in [-0.1, -0.05) is 0 Å². The van der Waals surface area contributed by atoms with Gasteiger partial charge in [-0.2, -0.15) is 5.90 Å². The third-order valence-electron chi connectivity index (χ3n) is 0. The molecule has 0 aromatic rings. The molecule has 25 valence electrons. The standard InChI is InChI=1S/Mo.H2NO.S/c;1-2;/h;1H2;. The van der Waals surface area contributed by atoms with Crippen molar-refractivity contribution in [2.24, 2.45) is 5.90 Å². The van der Waals surface area contributed by atoms with Crippen molar-refractivity contribution in [3.8, 4) is 0 Å². The Kier molecular flexibility index (Phi) is 98.7. The summed E-state index contributed by atoms with van der Waals surface area (Å²) in [6.07, 6.45) is 0. The number of hydrogen-bond acceptors (Lipinski definition) is 2. The van der Waals surface area contributed by atoms with Gasteiger partial charge in [-0.05, 0) is 0 Å². The molecule has 0 spiro atoms. The van der Waals surface area contributed by atoms with Crippen molar-refractivity contribution < 1.29 is 23.2 Å². The number of nitrogens with two attached hydrogens (primary N) is 1. The minimum absolute atomic E-state index is 1.53. The second-order valence-electron chi connectivity index (χ2n) is 0. The van der Waals surface area contributed by atoms with Crippen LogP contribution in [0.5, 0.6) is 0 Å². The van der Waals surface area contributed by atoms with Gasteiger partial charge in [-0.3, -0.25) is 0 Å². The van der Waals surface area contributed by atoms with Gasteiger partial charge in [0.25, 0.3) is 0 Å². The van der Waals surface area contributed by atoms with E-state index in [0.717, 1.165) is 0 Å². The predicted octanol–water partition coefficient (Wildman–Crippen LogP) is -0.0637. The summed E-state index contributed by atoms with van der Waals surface area (Å²) in [7, 11) is 4.09. The van der Waals surface area contributed by atoms with Crippen LogP contribution >= 0.6 is 9.82 Å². The second-order valence-corrected chi connectivity index (χ2v) is 0. The van der Waals surface area contributed by atoms with Crippen LogP contribution in [0.25, 0.3) is 0 Å². The molecule has 0 amide bonds. The molecule has 0 rings (SSSR count). The topological polar surface area (TPSA) is 45.9 Å². The first-order valence-corrected chi connectivity index (χ1v) is 3.19. The molecule has 4 heteroatoms. The third kappa shape index (κ3) is 13.8. The zero-order chi connectivity index (χ0) is 4.00. The first-order valence-electron chi connectivity index (χ1n) is 0.402. The zero-order valence-corrected chi connectivity index (χ0v) is 4.63. The van der Waals surface area contributed by atoms with Crippen molar-refractivity contribution in [3.63, 3.8) is 0 Å². The van der Waals surface area contributed by atoms with Crippen molar-refractivity contribution in [1.29, 1.82) is 0 Å². The van der Waals surface area contributed by atoms with Gasteiger partial charge in [0, 0.05) is 0 Å². The summed E-state index contributed by atoms with van der Waals surface area (Å²) in [5, 5.41) is 7.75. The first kappa shape index (κ1) is 8.85. The second kappa shape index (κ2) is 44.6. The quantitative estimate of drug-likeness (QED) is 0.398. The fourth-order valence-electron chi connectivity index (χ4n) is 0. The molecular formula is H2MoNOS. The maximum absolute atomic E-state index is 7.75. The van der Waals surface area contributed by atoms with Crippen LogP contribution < -0.4 is 5.90 Å². The Labute approximate surface area is 39.3 Å². The summed E-state index contributed by atoms with van der Waals surface area (Å²) in [4.78, 5) is 0. The summed E-state index contributed by atoms with van der Waals surface area (Å²) in [6, 6.07) is 0. The molecule has 0 atom stereocenters. The van der Waals surface area contributed by atoms with Crippen molar-refractivity contribution in [2.75, 3.05) is 0 Å². The van der Waals surface area contributed by atoms with E-state index in [-0.39, 0.29) is 0 Å². The molecule has 0 heterocycles. The Morgan fingerprint density at radius 3 is 1.50 bits per heavy atom. The minimum atomic E-state index is 1.53. The molecule has 0 aliphatic carbocycles. The molecule has 0 saturated carbocycles. The fraction of sp³-hybridized carbons (Fsp3) is 0. The van der Waals surface area contributed by atoms with Crippen molar-refractivity contribution in [1.82, 2.24) is 0 Å². The van der Waals surface area contributed by atoms with E-state index in [2.05, 4.69) is 15.7 Å². The van der Waals surface area contributed by atoms with Crippen LogP contribution in [0.3, 0.4) is 0 Å². The van der Waals surface area contributed by atoms with Gasteiger partial charge in [0.1, 0.15) is 0 Å². The molecule has 0 aromatic heterocycles. The van der Waals surface area contributed by atoms with Crippen LogP contribution in [0, 0.1) is 0 Å². The van der Waals surface area contributed by atoms with Crippen molar-refractivity contribution in [2.45, 2.75) is 0 Å².